The molecule has 0 aliphatic carbocycles. The quantitative estimate of drug-likeness (QED) is 0.467. The summed E-state index contributed by atoms with van der Waals surface area (Å²) in [6.07, 6.45) is 4.08. The molecule has 0 atom stereocenters. The Bertz CT molecular complexity index is 456. The second-order valence-corrected chi connectivity index (χ2v) is 5.54. The zero-order valence-corrected chi connectivity index (χ0v) is 10.9. The molecule has 16 heavy (non-hydrogen) atoms. The van der Waals surface area contributed by atoms with Crippen molar-refractivity contribution in [3.8, 4) is 0 Å². The van der Waals surface area contributed by atoms with Crippen molar-refractivity contribution in [1.82, 2.24) is 4.72 Å². The van der Waals surface area contributed by atoms with Crippen LogP contribution in [-0.4, -0.2) is 19.9 Å². The largest absolute Gasteiger partial charge is 0.283 e. The fourth-order valence-corrected chi connectivity index (χ4v) is 1.44. The van der Waals surface area contributed by atoms with Gasteiger partial charge < -0.3 is 0 Å². The van der Waals surface area contributed by atoms with Gasteiger partial charge in [-0.1, -0.05) is 18.2 Å². The Morgan fingerprint density at radius 3 is 2.12 bits per heavy atom. The first-order chi connectivity index (χ1) is 7.13. The van der Waals surface area contributed by atoms with Crippen LogP contribution in [0.3, 0.4) is 0 Å². The third-order valence-corrected chi connectivity index (χ3v) is 2.26. The SMILES string of the molecule is C=C(C(=O)Cl)/C(=C\C=C(C)C)NS(C)(=O)=O. The summed E-state index contributed by atoms with van der Waals surface area (Å²) in [6.45, 7) is 7.08. The van der Waals surface area contributed by atoms with Gasteiger partial charge in [-0.05, 0) is 31.5 Å². The highest BCUT2D eigenvalue weighted by molar-refractivity contribution is 7.88. The molecule has 0 aromatic carbocycles. The minimum absolute atomic E-state index is 0.0729. The van der Waals surface area contributed by atoms with E-state index in [1.807, 2.05) is 13.8 Å². The second kappa shape index (κ2) is 5.86. The minimum Gasteiger partial charge on any atom is -0.283 e. The van der Waals surface area contributed by atoms with E-state index in [0.29, 0.717) is 0 Å². The van der Waals surface area contributed by atoms with Gasteiger partial charge >= 0.3 is 0 Å². The maximum atomic E-state index is 11.0. The van der Waals surface area contributed by atoms with Crippen molar-refractivity contribution >= 4 is 26.9 Å². The van der Waals surface area contributed by atoms with Gasteiger partial charge in [0, 0.05) is 0 Å². The number of allylic oxidation sites excluding steroid dienone is 4. The van der Waals surface area contributed by atoms with Gasteiger partial charge in [-0.2, -0.15) is 0 Å². The summed E-state index contributed by atoms with van der Waals surface area (Å²) >= 11 is 5.23. The molecule has 4 nitrogen and oxygen atoms in total. The van der Waals surface area contributed by atoms with E-state index in [1.165, 1.54) is 6.08 Å². The summed E-state index contributed by atoms with van der Waals surface area (Å²) in [5.74, 6) is 0. The second-order valence-electron chi connectivity index (χ2n) is 3.45. The van der Waals surface area contributed by atoms with Crippen molar-refractivity contribution in [1.29, 1.82) is 0 Å². The molecule has 0 saturated carbocycles. The zero-order chi connectivity index (χ0) is 12.9. The first-order valence-corrected chi connectivity index (χ1v) is 6.62. The van der Waals surface area contributed by atoms with Gasteiger partial charge in [-0.3, -0.25) is 9.52 Å². The van der Waals surface area contributed by atoms with Crippen molar-refractivity contribution in [3.05, 3.63) is 35.6 Å². The zero-order valence-electron chi connectivity index (χ0n) is 9.37. The fourth-order valence-electron chi connectivity index (χ4n) is 0.752. The normalized spacial score (nSPS) is 11.9. The Morgan fingerprint density at radius 1 is 1.31 bits per heavy atom. The first kappa shape index (κ1) is 14.9. The topological polar surface area (TPSA) is 63.2 Å². The van der Waals surface area contributed by atoms with Crippen LogP contribution in [-0.2, 0) is 14.8 Å². The Balaban J connectivity index is 5.23. The van der Waals surface area contributed by atoms with Crippen LogP contribution in [0.2, 0.25) is 0 Å². The minimum atomic E-state index is -3.47. The summed E-state index contributed by atoms with van der Waals surface area (Å²) in [7, 11) is -3.47. The Kier molecular flexibility index (Phi) is 5.47. The molecule has 0 unspecified atom stereocenters. The van der Waals surface area contributed by atoms with Gasteiger partial charge in [-0.25, -0.2) is 8.42 Å². The van der Waals surface area contributed by atoms with Crippen LogP contribution < -0.4 is 4.72 Å². The van der Waals surface area contributed by atoms with Gasteiger partial charge in [-0.15, -0.1) is 0 Å². The van der Waals surface area contributed by atoms with Crippen LogP contribution >= 0.6 is 11.6 Å². The number of nitrogens with one attached hydrogen (secondary N) is 1. The van der Waals surface area contributed by atoms with Crippen molar-refractivity contribution in [2.45, 2.75) is 13.8 Å². The molecule has 0 fully saturated rings. The number of hydrogen-bond donors (Lipinski definition) is 1. The summed E-state index contributed by atoms with van der Waals surface area (Å²) in [4.78, 5) is 10.9. The number of hydrogen-bond acceptors (Lipinski definition) is 3. The lowest BCUT2D eigenvalue weighted by Gasteiger charge is -2.08. The van der Waals surface area contributed by atoms with E-state index in [1.54, 1.807) is 6.08 Å². The van der Waals surface area contributed by atoms with Crippen LogP contribution in [0.5, 0.6) is 0 Å². The van der Waals surface area contributed by atoms with E-state index < -0.39 is 15.3 Å². The molecular weight excluding hydrogens is 250 g/mol. The Labute approximate surface area is 101 Å². The number of halogens is 1. The first-order valence-electron chi connectivity index (χ1n) is 4.35. The van der Waals surface area contributed by atoms with Crippen LogP contribution in [0, 0.1) is 0 Å². The van der Waals surface area contributed by atoms with Crippen LogP contribution in [0.25, 0.3) is 0 Å². The van der Waals surface area contributed by atoms with Crippen molar-refractivity contribution < 1.29 is 13.2 Å². The predicted molar refractivity (Wildman–Crippen MR) is 65.5 cm³/mol. The molecule has 0 rings (SSSR count). The molecular formula is C10H14ClNO3S. The molecule has 0 aliphatic rings. The van der Waals surface area contributed by atoms with Crippen molar-refractivity contribution in [2.75, 3.05) is 6.26 Å². The maximum absolute atomic E-state index is 11.0. The van der Waals surface area contributed by atoms with Crippen LogP contribution in [0.1, 0.15) is 13.8 Å². The standard InChI is InChI=1S/C10H14ClNO3S/c1-7(2)5-6-9(8(3)10(11)13)12-16(4,14)15/h5-6,12H,3H2,1-2,4H3/b9-6+. The van der Waals surface area contributed by atoms with Crippen molar-refractivity contribution in [3.63, 3.8) is 0 Å². The number of carbonyl (C=O) groups excluding carboxylic acids is 1. The molecule has 0 bridgehead atoms. The lowest BCUT2D eigenvalue weighted by molar-refractivity contribution is -0.108. The molecule has 0 heterocycles. The monoisotopic (exact) mass is 263 g/mol. The van der Waals surface area contributed by atoms with Gasteiger partial charge in [0.2, 0.25) is 10.0 Å². The molecule has 0 saturated heterocycles. The molecule has 0 aliphatic heterocycles. The molecule has 0 radical (unpaired) electrons. The average molecular weight is 264 g/mol. The summed E-state index contributed by atoms with van der Waals surface area (Å²) in [6, 6.07) is 0. The highest BCUT2D eigenvalue weighted by atomic mass is 35.5. The Hall–Kier alpha value is -1.07. The van der Waals surface area contributed by atoms with E-state index in [9.17, 15) is 13.2 Å². The molecule has 0 amide bonds. The summed E-state index contributed by atoms with van der Waals surface area (Å²) in [5, 5.41) is -0.801. The third-order valence-electron chi connectivity index (χ3n) is 1.44. The number of rotatable bonds is 5. The van der Waals surface area contributed by atoms with Gasteiger partial charge in [0.1, 0.15) is 0 Å². The van der Waals surface area contributed by atoms with E-state index in [-0.39, 0.29) is 11.3 Å². The predicted octanol–water partition coefficient (Wildman–Crippen LogP) is 1.71. The fraction of sp³-hybridized carbons (Fsp3) is 0.300. The number of carbonyl (C=O) groups is 1. The van der Waals surface area contributed by atoms with Crippen molar-refractivity contribution in [2.24, 2.45) is 0 Å². The van der Waals surface area contributed by atoms with E-state index in [4.69, 9.17) is 11.6 Å². The van der Waals surface area contributed by atoms with Crippen LogP contribution in [0.4, 0.5) is 0 Å². The summed E-state index contributed by atoms with van der Waals surface area (Å²) < 4.78 is 24.3. The average Bonchev–Trinajstić information content (AvgIpc) is 2.08. The summed E-state index contributed by atoms with van der Waals surface area (Å²) in [5.41, 5.74) is 0.927. The smallest absolute Gasteiger partial charge is 0.253 e. The Morgan fingerprint density at radius 2 is 1.81 bits per heavy atom. The molecule has 1 N–H and O–H groups in total. The molecule has 0 aromatic heterocycles. The molecule has 90 valence electrons. The number of sulfonamides is 1. The van der Waals surface area contributed by atoms with Gasteiger partial charge in [0.15, 0.2) is 0 Å². The van der Waals surface area contributed by atoms with Crippen LogP contribution in [0.15, 0.2) is 35.6 Å². The highest BCUT2D eigenvalue weighted by Crippen LogP contribution is 2.10. The van der Waals surface area contributed by atoms with Gasteiger partial charge in [0.05, 0.1) is 17.5 Å². The lowest BCUT2D eigenvalue weighted by atomic mass is 10.2. The maximum Gasteiger partial charge on any atom is 0.253 e. The van der Waals surface area contributed by atoms with Gasteiger partial charge in [0.25, 0.3) is 5.24 Å². The third kappa shape index (κ3) is 6.42. The van der Waals surface area contributed by atoms with E-state index in [0.717, 1.165) is 11.8 Å². The molecule has 0 spiro atoms. The highest BCUT2D eigenvalue weighted by Gasteiger charge is 2.12. The molecule has 0 aromatic rings. The molecule has 6 heteroatoms. The van der Waals surface area contributed by atoms with E-state index >= 15 is 0 Å². The van der Waals surface area contributed by atoms with E-state index in [2.05, 4.69) is 11.3 Å². The lowest BCUT2D eigenvalue weighted by Crippen LogP contribution is -2.23.